The topological polar surface area (TPSA) is 93.3 Å². The first-order valence-corrected chi connectivity index (χ1v) is 11.7. The Morgan fingerprint density at radius 2 is 1.91 bits per heavy atom. The van der Waals surface area contributed by atoms with Crippen LogP contribution in [0.25, 0.3) is 6.08 Å². The highest BCUT2D eigenvalue weighted by Crippen LogP contribution is 2.29. The van der Waals surface area contributed by atoms with Crippen molar-refractivity contribution in [3.63, 3.8) is 0 Å². The average Bonchev–Trinajstić information content (AvgIpc) is 3.20. The number of nitrogens with one attached hydrogen (secondary N) is 1. The number of likely N-dealkylation sites (tertiary alicyclic amines) is 1. The van der Waals surface area contributed by atoms with Gasteiger partial charge in [0.1, 0.15) is 18.5 Å². The van der Waals surface area contributed by atoms with E-state index in [4.69, 9.17) is 4.74 Å². The van der Waals surface area contributed by atoms with Crippen molar-refractivity contribution in [1.82, 2.24) is 10.2 Å². The Labute approximate surface area is 196 Å². The van der Waals surface area contributed by atoms with Gasteiger partial charge in [-0.2, -0.15) is 0 Å². The van der Waals surface area contributed by atoms with E-state index >= 15 is 0 Å². The number of hydrogen-bond acceptors (Lipinski definition) is 4. The maximum Gasteiger partial charge on any atom is 0.247 e. The van der Waals surface area contributed by atoms with Crippen molar-refractivity contribution in [2.45, 2.75) is 45.1 Å². The van der Waals surface area contributed by atoms with E-state index in [0.717, 1.165) is 43.5 Å². The third kappa shape index (κ3) is 6.44. The lowest BCUT2D eigenvalue weighted by Crippen LogP contribution is -2.40. The molecule has 1 amide bonds. The fraction of sp³-hybridized carbons (Fsp3) is 0.444. The molecule has 2 fully saturated rings. The molecule has 0 unspecified atom stereocenters. The summed E-state index contributed by atoms with van der Waals surface area (Å²) in [6.45, 7) is 7.87. The number of hydrogen-bond donors (Lipinski definition) is 2. The third-order valence-corrected chi connectivity index (χ3v) is 6.71. The molecule has 33 heavy (non-hydrogen) atoms. The van der Waals surface area contributed by atoms with Gasteiger partial charge in [-0.1, -0.05) is 36.4 Å². The molecule has 1 atom stereocenters. The van der Waals surface area contributed by atoms with E-state index in [1.165, 1.54) is 16.7 Å². The molecule has 0 spiro atoms. The summed E-state index contributed by atoms with van der Waals surface area (Å²) in [5, 5.41) is 13.4. The van der Waals surface area contributed by atoms with E-state index in [0.29, 0.717) is 24.8 Å². The Balaban J connectivity index is 0.00000306. The minimum Gasteiger partial charge on any atom is -0.490 e. The normalized spacial score (nSPS) is 19.2. The van der Waals surface area contributed by atoms with Gasteiger partial charge in [0.05, 0.1) is 0 Å². The molecule has 0 radical (unpaired) electrons. The van der Waals surface area contributed by atoms with Crippen LogP contribution in [0.15, 0.2) is 48.0 Å². The molecule has 4 N–H and O–H groups in total. The van der Waals surface area contributed by atoms with E-state index in [9.17, 15) is 9.90 Å². The summed E-state index contributed by atoms with van der Waals surface area (Å²) in [6, 6.07) is 14.5. The molecule has 2 aromatic carbocycles. The highest BCUT2D eigenvalue weighted by atomic mass is 16.5. The highest BCUT2D eigenvalue weighted by molar-refractivity contribution is 6.00. The smallest absolute Gasteiger partial charge is 0.247 e. The van der Waals surface area contributed by atoms with Crippen LogP contribution in [0, 0.1) is 13.8 Å². The quantitative estimate of drug-likeness (QED) is 0.632. The van der Waals surface area contributed by atoms with Crippen LogP contribution >= 0.6 is 0 Å². The first-order chi connectivity index (χ1) is 15.5. The Morgan fingerprint density at radius 1 is 1.15 bits per heavy atom. The summed E-state index contributed by atoms with van der Waals surface area (Å²) in [5.41, 5.74) is 5.80. The predicted octanol–water partition coefficient (Wildman–Crippen LogP) is 3.00. The molecule has 6 nitrogen and oxygen atoms in total. The lowest BCUT2D eigenvalue weighted by molar-refractivity contribution is -0.116. The molecule has 2 aromatic rings. The van der Waals surface area contributed by atoms with Crippen molar-refractivity contribution >= 4 is 12.0 Å². The fourth-order valence-corrected chi connectivity index (χ4v) is 4.60. The number of rotatable bonds is 7. The van der Waals surface area contributed by atoms with E-state index in [1.54, 1.807) is 0 Å². The molecule has 2 heterocycles. The van der Waals surface area contributed by atoms with Crippen LogP contribution in [-0.2, 0) is 4.79 Å². The number of β-amino-alcohol motifs (C(OH)–C–C–N with tert-alkyl or cyclic N) is 1. The maximum atomic E-state index is 11.9. The van der Waals surface area contributed by atoms with E-state index in [1.807, 2.05) is 30.3 Å². The summed E-state index contributed by atoms with van der Waals surface area (Å²) in [5.74, 6) is 1.29. The number of aliphatic hydroxyl groups excluding tert-OH is 1. The third-order valence-electron chi connectivity index (χ3n) is 6.71. The minimum absolute atomic E-state index is 0. The molecule has 178 valence electrons. The summed E-state index contributed by atoms with van der Waals surface area (Å²) in [4.78, 5) is 14.2. The number of benzene rings is 2. The number of carbonyl (C=O) groups excluding carboxylic acids is 1. The van der Waals surface area contributed by atoms with Gasteiger partial charge in [-0.15, -0.1) is 0 Å². The Bertz CT molecular complexity index is 980. The first kappa shape index (κ1) is 25.0. The highest BCUT2D eigenvalue weighted by Gasteiger charge is 2.23. The molecular weight excluding hydrogens is 416 g/mol. The van der Waals surface area contributed by atoms with E-state index in [2.05, 4.69) is 42.3 Å². The van der Waals surface area contributed by atoms with Gasteiger partial charge in [0, 0.05) is 24.2 Å². The molecule has 4 rings (SSSR count). The van der Waals surface area contributed by atoms with Crippen LogP contribution in [0.2, 0.25) is 0 Å². The SMILES string of the molecule is Cc1ccc(C2CCN(C[C@H](O)COc3ccccc3C=C3CCNC3=O)CC2)cc1C.O. The number of piperidine rings is 1. The van der Waals surface area contributed by atoms with Gasteiger partial charge in [0.25, 0.3) is 0 Å². The lowest BCUT2D eigenvalue weighted by Gasteiger charge is -2.33. The zero-order chi connectivity index (χ0) is 22.5. The van der Waals surface area contributed by atoms with Crippen LogP contribution < -0.4 is 10.1 Å². The van der Waals surface area contributed by atoms with E-state index < -0.39 is 6.10 Å². The molecule has 6 heteroatoms. The number of para-hydroxylation sites is 1. The lowest BCUT2D eigenvalue weighted by atomic mass is 9.88. The molecule has 2 aliphatic rings. The van der Waals surface area contributed by atoms with Crippen molar-refractivity contribution in [1.29, 1.82) is 0 Å². The number of aliphatic hydroxyl groups is 1. The summed E-state index contributed by atoms with van der Waals surface area (Å²) < 4.78 is 5.95. The second-order valence-corrected chi connectivity index (χ2v) is 9.10. The van der Waals surface area contributed by atoms with Crippen molar-refractivity contribution in [3.8, 4) is 5.75 Å². The van der Waals surface area contributed by atoms with Crippen molar-refractivity contribution in [3.05, 3.63) is 70.3 Å². The predicted molar refractivity (Wildman–Crippen MR) is 131 cm³/mol. The molecule has 0 aromatic heterocycles. The number of ether oxygens (including phenoxy) is 1. The van der Waals surface area contributed by atoms with Crippen LogP contribution in [0.3, 0.4) is 0 Å². The van der Waals surface area contributed by atoms with E-state index in [-0.39, 0.29) is 18.0 Å². The summed E-state index contributed by atoms with van der Waals surface area (Å²) in [7, 11) is 0. The average molecular weight is 453 g/mol. The largest absolute Gasteiger partial charge is 0.490 e. The summed E-state index contributed by atoms with van der Waals surface area (Å²) >= 11 is 0. The monoisotopic (exact) mass is 452 g/mol. The standard InChI is InChI=1S/C27H34N2O3.H2O/c1-19-7-8-22(15-20(19)2)21-10-13-29(14-11-21)17-25(30)18-32-26-6-4-3-5-23(26)16-24-9-12-28-27(24)31;/h3-8,15-16,21,25,30H,9-14,17-18H2,1-2H3,(H,28,31);1H2/t25-;/m0./s1. The molecule has 2 aliphatic heterocycles. The van der Waals surface area contributed by atoms with Crippen LogP contribution in [0.4, 0.5) is 0 Å². The van der Waals surface area contributed by atoms with Crippen molar-refractivity contribution in [2.24, 2.45) is 0 Å². The minimum atomic E-state index is -0.552. The molecule has 0 aliphatic carbocycles. The summed E-state index contributed by atoms with van der Waals surface area (Å²) in [6.07, 6.45) is 4.31. The van der Waals surface area contributed by atoms with Gasteiger partial charge < -0.3 is 25.5 Å². The number of nitrogens with zero attached hydrogens (tertiary/aromatic N) is 1. The Kier molecular flexibility index (Phi) is 8.67. The van der Waals surface area contributed by atoms with Gasteiger partial charge in [-0.3, -0.25) is 4.79 Å². The number of carbonyl (C=O) groups is 1. The zero-order valence-electron chi connectivity index (χ0n) is 19.6. The molecule has 0 bridgehead atoms. The molecule has 0 saturated carbocycles. The van der Waals surface area contributed by atoms with Gasteiger partial charge in [0.15, 0.2) is 0 Å². The van der Waals surface area contributed by atoms with Gasteiger partial charge in [-0.25, -0.2) is 0 Å². The first-order valence-electron chi connectivity index (χ1n) is 11.7. The fourth-order valence-electron chi connectivity index (χ4n) is 4.60. The zero-order valence-corrected chi connectivity index (χ0v) is 19.6. The molecular formula is C27H36N2O4. The van der Waals surface area contributed by atoms with Gasteiger partial charge >= 0.3 is 0 Å². The maximum absolute atomic E-state index is 11.9. The number of aryl methyl sites for hydroxylation is 2. The number of amides is 1. The second-order valence-electron chi connectivity index (χ2n) is 9.10. The second kappa shape index (κ2) is 11.5. The van der Waals surface area contributed by atoms with Crippen molar-refractivity contribution < 1.29 is 20.1 Å². The van der Waals surface area contributed by atoms with Crippen LogP contribution in [-0.4, -0.2) is 60.3 Å². The van der Waals surface area contributed by atoms with Gasteiger partial charge in [-0.05, 0) is 81.0 Å². The van der Waals surface area contributed by atoms with Gasteiger partial charge in [0.2, 0.25) is 5.91 Å². The van der Waals surface area contributed by atoms with Crippen LogP contribution in [0.5, 0.6) is 5.75 Å². The Morgan fingerprint density at radius 3 is 2.61 bits per heavy atom. The molecule has 2 saturated heterocycles. The Hall–Kier alpha value is -2.67. The van der Waals surface area contributed by atoms with Crippen LogP contribution in [0.1, 0.15) is 47.4 Å². The van der Waals surface area contributed by atoms with Crippen molar-refractivity contribution in [2.75, 3.05) is 32.8 Å².